The zero-order chi connectivity index (χ0) is 25.0. The zero-order valence-corrected chi connectivity index (χ0v) is 22.8. The number of aromatic nitrogens is 2. The van der Waals surface area contributed by atoms with Gasteiger partial charge in [-0.3, -0.25) is 4.79 Å². The summed E-state index contributed by atoms with van der Waals surface area (Å²) in [5.74, 6) is 0.438. The molecule has 1 aromatic heterocycles. The number of rotatable bonds is 8. The molecule has 0 aliphatic carbocycles. The molecule has 0 amide bonds. The van der Waals surface area contributed by atoms with Crippen molar-refractivity contribution in [2.45, 2.75) is 26.2 Å². The fourth-order valence-corrected chi connectivity index (χ4v) is 4.09. The first-order valence-corrected chi connectivity index (χ1v) is 12.2. The predicted octanol–water partition coefficient (Wildman–Crippen LogP) is 5.53. The first-order chi connectivity index (χ1) is 16.2. The molecule has 0 radical (unpaired) electrons. The van der Waals surface area contributed by atoms with Gasteiger partial charge in [-0.25, -0.2) is 9.78 Å². The van der Waals surface area contributed by atoms with E-state index in [1.807, 2.05) is 19.9 Å². The summed E-state index contributed by atoms with van der Waals surface area (Å²) in [7, 11) is 2.71. The molecule has 3 rings (SSSR count). The van der Waals surface area contributed by atoms with Crippen molar-refractivity contribution in [2.24, 2.45) is 5.10 Å². The van der Waals surface area contributed by atoms with Crippen molar-refractivity contribution in [3.63, 3.8) is 0 Å². The third-order valence-electron chi connectivity index (χ3n) is 5.14. The summed E-state index contributed by atoms with van der Waals surface area (Å²) >= 11 is 13.3. The SMILES string of the molecule is CC[C@@H](C)c1nc2ccc(Br)cc2c(=O)n1N=Cc1cc(OC)c(OCC(=O)OC)c(Cl)c1Br. The van der Waals surface area contributed by atoms with Crippen molar-refractivity contribution in [1.82, 2.24) is 9.66 Å². The summed E-state index contributed by atoms with van der Waals surface area (Å²) in [6.07, 6.45) is 2.26. The minimum atomic E-state index is -0.563. The smallest absolute Gasteiger partial charge is 0.343 e. The van der Waals surface area contributed by atoms with Gasteiger partial charge in [-0.15, -0.1) is 0 Å². The van der Waals surface area contributed by atoms with Crippen LogP contribution in [0.25, 0.3) is 10.9 Å². The number of fused-ring (bicyclic) bond motifs is 1. The second-order valence-electron chi connectivity index (χ2n) is 7.29. The number of benzene rings is 2. The lowest BCUT2D eigenvalue weighted by molar-refractivity contribution is -0.142. The van der Waals surface area contributed by atoms with Crippen molar-refractivity contribution in [1.29, 1.82) is 0 Å². The van der Waals surface area contributed by atoms with E-state index >= 15 is 0 Å². The normalized spacial score (nSPS) is 12.2. The molecule has 0 aliphatic heterocycles. The summed E-state index contributed by atoms with van der Waals surface area (Å²) < 4.78 is 18.0. The fourth-order valence-electron chi connectivity index (χ4n) is 3.07. The first-order valence-electron chi connectivity index (χ1n) is 10.2. The lowest BCUT2D eigenvalue weighted by Gasteiger charge is -2.15. The molecule has 0 aliphatic rings. The van der Waals surface area contributed by atoms with Gasteiger partial charge in [0.15, 0.2) is 18.1 Å². The van der Waals surface area contributed by atoms with Gasteiger partial charge in [0.25, 0.3) is 5.56 Å². The van der Waals surface area contributed by atoms with Crippen LogP contribution in [0.15, 0.2) is 43.1 Å². The molecule has 2 aromatic carbocycles. The van der Waals surface area contributed by atoms with Crippen LogP contribution in [0.2, 0.25) is 5.02 Å². The summed E-state index contributed by atoms with van der Waals surface area (Å²) in [5, 5.41) is 5.09. The van der Waals surface area contributed by atoms with Gasteiger partial charge in [-0.05, 0) is 46.6 Å². The van der Waals surface area contributed by atoms with E-state index < -0.39 is 5.97 Å². The molecule has 0 bridgehead atoms. The topological polar surface area (TPSA) is 92.0 Å². The summed E-state index contributed by atoms with van der Waals surface area (Å²) in [6, 6.07) is 7.00. The quantitative estimate of drug-likeness (QED) is 0.245. The van der Waals surface area contributed by atoms with Crippen molar-refractivity contribution in [2.75, 3.05) is 20.8 Å². The van der Waals surface area contributed by atoms with Crippen LogP contribution in [0.5, 0.6) is 11.5 Å². The lowest BCUT2D eigenvalue weighted by Crippen LogP contribution is -2.23. The second-order valence-corrected chi connectivity index (χ2v) is 9.38. The van der Waals surface area contributed by atoms with Crippen LogP contribution in [-0.2, 0) is 9.53 Å². The Labute approximate surface area is 218 Å². The van der Waals surface area contributed by atoms with E-state index in [1.54, 1.807) is 18.2 Å². The Bertz CT molecular complexity index is 1330. The Morgan fingerprint density at radius 3 is 2.68 bits per heavy atom. The van der Waals surface area contributed by atoms with Crippen LogP contribution in [0.4, 0.5) is 0 Å². The molecule has 1 heterocycles. The third kappa shape index (κ3) is 5.45. The zero-order valence-electron chi connectivity index (χ0n) is 18.9. The highest BCUT2D eigenvalue weighted by Gasteiger charge is 2.19. The van der Waals surface area contributed by atoms with Gasteiger partial charge in [0.1, 0.15) is 10.8 Å². The molecular weight excluding hydrogens is 594 g/mol. The van der Waals surface area contributed by atoms with Crippen LogP contribution in [0.1, 0.15) is 37.6 Å². The van der Waals surface area contributed by atoms with E-state index in [2.05, 4.69) is 41.7 Å². The standard InChI is InChI=1S/C23H22Br2ClN3O5/c1-5-12(2)22-28-16-7-6-14(24)9-15(16)23(31)29(22)27-10-13-8-17(32-3)21(20(26)19(13)25)34-11-18(30)33-4/h6-10,12H,5,11H2,1-4H3/t12-/m1/s1. The number of carbonyl (C=O) groups excluding carboxylic acids is 1. The molecule has 34 heavy (non-hydrogen) atoms. The van der Waals surface area contributed by atoms with Crippen LogP contribution in [0.3, 0.4) is 0 Å². The number of esters is 1. The maximum absolute atomic E-state index is 13.3. The first kappa shape index (κ1) is 26.2. The van der Waals surface area contributed by atoms with E-state index in [0.29, 0.717) is 26.8 Å². The van der Waals surface area contributed by atoms with E-state index in [1.165, 1.54) is 25.1 Å². The van der Waals surface area contributed by atoms with Crippen molar-refractivity contribution >= 4 is 66.5 Å². The van der Waals surface area contributed by atoms with Crippen LogP contribution >= 0.6 is 43.5 Å². The summed E-state index contributed by atoms with van der Waals surface area (Å²) in [6.45, 7) is 3.67. The molecule has 0 unspecified atom stereocenters. The van der Waals surface area contributed by atoms with Gasteiger partial charge in [-0.1, -0.05) is 41.4 Å². The maximum atomic E-state index is 13.3. The largest absolute Gasteiger partial charge is 0.493 e. The Hall–Kier alpha value is -2.43. The van der Waals surface area contributed by atoms with Crippen LogP contribution in [0, 0.1) is 0 Å². The molecule has 0 saturated heterocycles. The number of nitrogens with zero attached hydrogens (tertiary/aromatic N) is 3. The molecule has 1 atom stereocenters. The van der Waals surface area contributed by atoms with Crippen LogP contribution < -0.4 is 15.0 Å². The molecule has 3 aromatic rings. The molecule has 0 saturated carbocycles. The maximum Gasteiger partial charge on any atom is 0.343 e. The molecule has 0 spiro atoms. The fraction of sp³-hybridized carbons (Fsp3) is 0.304. The highest BCUT2D eigenvalue weighted by molar-refractivity contribution is 9.10. The monoisotopic (exact) mass is 613 g/mol. The predicted molar refractivity (Wildman–Crippen MR) is 139 cm³/mol. The number of hydrogen-bond donors (Lipinski definition) is 0. The van der Waals surface area contributed by atoms with Gasteiger partial charge in [0.05, 0.1) is 31.3 Å². The van der Waals surface area contributed by atoms with Crippen LogP contribution in [-0.4, -0.2) is 42.7 Å². The average Bonchev–Trinajstić information content (AvgIpc) is 2.84. The number of halogens is 3. The van der Waals surface area contributed by atoms with Gasteiger partial charge >= 0.3 is 5.97 Å². The van der Waals surface area contributed by atoms with E-state index in [-0.39, 0.29) is 34.6 Å². The molecular formula is C23H22Br2ClN3O5. The second kappa shape index (κ2) is 11.3. The summed E-state index contributed by atoms with van der Waals surface area (Å²) in [4.78, 5) is 29.5. The Balaban J connectivity index is 2.12. The lowest BCUT2D eigenvalue weighted by atomic mass is 10.1. The Morgan fingerprint density at radius 2 is 2.03 bits per heavy atom. The van der Waals surface area contributed by atoms with Gasteiger partial charge in [-0.2, -0.15) is 9.78 Å². The summed E-state index contributed by atoms with van der Waals surface area (Å²) in [5.41, 5.74) is 0.849. The van der Waals surface area contributed by atoms with E-state index in [4.69, 9.17) is 26.1 Å². The molecule has 0 N–H and O–H groups in total. The van der Waals surface area contributed by atoms with E-state index in [0.717, 1.165) is 10.9 Å². The Kier molecular flexibility index (Phi) is 8.72. The number of methoxy groups -OCH3 is 2. The van der Waals surface area contributed by atoms with Crippen molar-refractivity contribution < 1.29 is 19.0 Å². The van der Waals surface area contributed by atoms with E-state index in [9.17, 15) is 9.59 Å². The highest BCUT2D eigenvalue weighted by atomic mass is 79.9. The molecule has 11 heteroatoms. The van der Waals surface area contributed by atoms with Crippen molar-refractivity contribution in [3.05, 3.63) is 60.0 Å². The number of carbonyl (C=O) groups is 1. The molecule has 0 fully saturated rings. The van der Waals surface area contributed by atoms with Gasteiger partial charge < -0.3 is 14.2 Å². The van der Waals surface area contributed by atoms with Crippen molar-refractivity contribution in [3.8, 4) is 11.5 Å². The molecule has 180 valence electrons. The minimum absolute atomic E-state index is 0.00596. The van der Waals surface area contributed by atoms with Gasteiger partial charge in [0, 0.05) is 20.4 Å². The third-order valence-corrected chi connectivity index (χ3v) is 7.07. The highest BCUT2D eigenvalue weighted by Crippen LogP contribution is 2.42. The molecule has 8 nitrogen and oxygen atoms in total. The average molecular weight is 616 g/mol. The number of ether oxygens (including phenoxy) is 3. The minimum Gasteiger partial charge on any atom is -0.493 e. The number of hydrogen-bond acceptors (Lipinski definition) is 7. The Morgan fingerprint density at radius 1 is 1.29 bits per heavy atom. The van der Waals surface area contributed by atoms with Gasteiger partial charge in [0.2, 0.25) is 0 Å².